The van der Waals surface area contributed by atoms with Gasteiger partial charge in [0.2, 0.25) is 0 Å². The van der Waals surface area contributed by atoms with Crippen LogP contribution in [0.4, 0.5) is 0 Å². The van der Waals surface area contributed by atoms with Gasteiger partial charge in [-0.3, -0.25) is 0 Å². The highest BCUT2D eigenvalue weighted by Crippen LogP contribution is 2.35. The average Bonchev–Trinajstić information content (AvgIpc) is 2.96. The lowest BCUT2D eigenvalue weighted by Gasteiger charge is -2.34. The molecule has 1 aliphatic rings. The molecular weight excluding hydrogens is 352 g/mol. The van der Waals surface area contributed by atoms with Crippen LogP contribution in [0, 0.1) is 0 Å². The molecule has 1 fully saturated rings. The number of rotatable bonds is 2. The highest BCUT2D eigenvalue weighted by molar-refractivity contribution is 9.10. The summed E-state index contributed by atoms with van der Waals surface area (Å²) in [6.45, 7) is 2.24. The molecule has 3 unspecified atom stereocenters. The van der Waals surface area contributed by atoms with Crippen LogP contribution in [0.1, 0.15) is 43.1 Å². The number of nitrogens with one attached hydrogen (secondary N) is 2. The van der Waals surface area contributed by atoms with Crippen LogP contribution >= 0.6 is 15.9 Å². The van der Waals surface area contributed by atoms with Gasteiger partial charge in [0.1, 0.15) is 11.3 Å². The number of hydrogen-bond donors (Lipinski definition) is 2. The maximum absolute atomic E-state index is 4.80. The van der Waals surface area contributed by atoms with Crippen LogP contribution in [0.2, 0.25) is 0 Å². The Bertz CT molecular complexity index is 814. The molecule has 0 saturated carbocycles. The predicted molar refractivity (Wildman–Crippen MR) is 95.3 cm³/mol. The summed E-state index contributed by atoms with van der Waals surface area (Å²) in [4.78, 5) is 12.6. The highest BCUT2D eigenvalue weighted by atomic mass is 79.9. The van der Waals surface area contributed by atoms with Crippen LogP contribution in [-0.2, 0) is 0 Å². The molecule has 0 amide bonds. The lowest BCUT2D eigenvalue weighted by Crippen LogP contribution is -2.38. The molecule has 0 aliphatic carbocycles. The van der Waals surface area contributed by atoms with Crippen molar-refractivity contribution < 1.29 is 0 Å². The minimum Gasteiger partial charge on any atom is -0.357 e. The van der Waals surface area contributed by atoms with E-state index in [2.05, 4.69) is 68.5 Å². The Morgan fingerprint density at radius 2 is 2.00 bits per heavy atom. The van der Waals surface area contributed by atoms with Gasteiger partial charge in [0.15, 0.2) is 0 Å². The van der Waals surface area contributed by atoms with Crippen molar-refractivity contribution in [3.63, 3.8) is 0 Å². The van der Waals surface area contributed by atoms with Crippen molar-refractivity contribution in [1.82, 2.24) is 20.3 Å². The summed E-state index contributed by atoms with van der Waals surface area (Å²) in [5.74, 6) is 1.33. The number of benzene rings is 1. The topological polar surface area (TPSA) is 53.6 Å². The van der Waals surface area contributed by atoms with E-state index in [1.807, 2.05) is 12.4 Å². The molecule has 2 aromatic heterocycles. The normalized spacial score (nSPS) is 24.9. The van der Waals surface area contributed by atoms with E-state index < -0.39 is 0 Å². The summed E-state index contributed by atoms with van der Waals surface area (Å²) in [6, 6.07) is 11.5. The largest absolute Gasteiger partial charge is 0.357 e. The number of halogens is 1. The van der Waals surface area contributed by atoms with Gasteiger partial charge in [0, 0.05) is 24.2 Å². The Hall–Kier alpha value is -1.72. The van der Waals surface area contributed by atoms with E-state index in [0.717, 1.165) is 34.2 Å². The molecular formula is C18H19BrN4. The second-order valence-electron chi connectivity index (χ2n) is 6.33. The van der Waals surface area contributed by atoms with Crippen LogP contribution in [0.15, 0.2) is 47.2 Å². The fourth-order valence-corrected chi connectivity index (χ4v) is 3.92. The zero-order valence-electron chi connectivity index (χ0n) is 13.0. The van der Waals surface area contributed by atoms with E-state index in [0.29, 0.717) is 18.0 Å². The Balaban J connectivity index is 1.65. The van der Waals surface area contributed by atoms with Crippen molar-refractivity contribution in [3.05, 3.63) is 58.6 Å². The molecule has 2 N–H and O–H groups in total. The zero-order valence-corrected chi connectivity index (χ0v) is 14.5. The van der Waals surface area contributed by atoms with Crippen molar-refractivity contribution in [3.8, 4) is 0 Å². The van der Waals surface area contributed by atoms with Crippen molar-refractivity contribution in [1.29, 1.82) is 0 Å². The van der Waals surface area contributed by atoms with E-state index in [9.17, 15) is 0 Å². The fourth-order valence-electron chi connectivity index (χ4n) is 3.50. The number of fused-ring (bicyclic) bond motifs is 1. The SMILES string of the molecule is CC1CC(c2ncc3[nH]cc(Br)c3n2)CC(c2ccccc2)N1. The van der Waals surface area contributed by atoms with Crippen LogP contribution in [-0.4, -0.2) is 21.0 Å². The third-order valence-electron chi connectivity index (χ3n) is 4.60. The maximum Gasteiger partial charge on any atom is 0.132 e. The van der Waals surface area contributed by atoms with Crippen LogP contribution < -0.4 is 5.32 Å². The summed E-state index contributed by atoms with van der Waals surface area (Å²) in [5, 5.41) is 3.70. The number of aromatic nitrogens is 3. The lowest BCUT2D eigenvalue weighted by molar-refractivity contribution is 0.300. The van der Waals surface area contributed by atoms with E-state index in [1.54, 1.807) is 0 Å². The molecule has 4 rings (SSSR count). The first-order valence-corrected chi connectivity index (χ1v) is 8.80. The van der Waals surface area contributed by atoms with Gasteiger partial charge in [0.05, 0.1) is 16.2 Å². The summed E-state index contributed by atoms with van der Waals surface area (Å²) in [6.07, 6.45) is 5.91. The van der Waals surface area contributed by atoms with E-state index in [4.69, 9.17) is 4.98 Å². The van der Waals surface area contributed by atoms with E-state index >= 15 is 0 Å². The summed E-state index contributed by atoms with van der Waals surface area (Å²) in [5.41, 5.74) is 3.28. The number of aromatic amines is 1. The lowest BCUT2D eigenvalue weighted by atomic mass is 9.85. The minimum absolute atomic E-state index is 0.360. The predicted octanol–water partition coefficient (Wildman–Crippen LogP) is 4.32. The molecule has 0 bridgehead atoms. The van der Waals surface area contributed by atoms with Crippen LogP contribution in [0.25, 0.3) is 11.0 Å². The number of hydrogen-bond acceptors (Lipinski definition) is 3. The van der Waals surface area contributed by atoms with Crippen molar-refractivity contribution in [2.24, 2.45) is 0 Å². The summed E-state index contributed by atoms with van der Waals surface area (Å²) < 4.78 is 0.998. The Morgan fingerprint density at radius 3 is 2.83 bits per heavy atom. The second-order valence-corrected chi connectivity index (χ2v) is 7.18. The van der Waals surface area contributed by atoms with Crippen molar-refractivity contribution in [2.75, 3.05) is 0 Å². The molecule has 1 saturated heterocycles. The smallest absolute Gasteiger partial charge is 0.132 e. The Labute approximate surface area is 143 Å². The van der Waals surface area contributed by atoms with Crippen molar-refractivity contribution >= 4 is 27.0 Å². The van der Waals surface area contributed by atoms with E-state index in [1.165, 1.54) is 5.56 Å². The van der Waals surface area contributed by atoms with Gasteiger partial charge in [-0.15, -0.1) is 0 Å². The third kappa shape index (κ3) is 2.91. The molecule has 4 nitrogen and oxygen atoms in total. The Kier molecular flexibility index (Phi) is 3.91. The van der Waals surface area contributed by atoms with Crippen LogP contribution in [0.3, 0.4) is 0 Å². The molecule has 1 aliphatic heterocycles. The first-order valence-electron chi connectivity index (χ1n) is 8.01. The fraction of sp³-hybridized carbons (Fsp3) is 0.333. The van der Waals surface area contributed by atoms with Gasteiger partial charge in [-0.1, -0.05) is 30.3 Å². The highest BCUT2D eigenvalue weighted by Gasteiger charge is 2.29. The number of H-pyrrole nitrogens is 1. The average molecular weight is 371 g/mol. The quantitative estimate of drug-likeness (QED) is 0.706. The van der Waals surface area contributed by atoms with Gasteiger partial charge < -0.3 is 10.3 Å². The molecule has 3 atom stereocenters. The first kappa shape index (κ1) is 14.8. The molecule has 23 heavy (non-hydrogen) atoms. The van der Waals surface area contributed by atoms with E-state index in [-0.39, 0.29) is 0 Å². The second kappa shape index (κ2) is 6.06. The summed E-state index contributed by atoms with van der Waals surface area (Å²) in [7, 11) is 0. The molecule has 0 spiro atoms. The van der Waals surface area contributed by atoms with Crippen LogP contribution in [0.5, 0.6) is 0 Å². The van der Waals surface area contributed by atoms with Gasteiger partial charge in [0.25, 0.3) is 0 Å². The maximum atomic E-state index is 4.80. The zero-order chi connectivity index (χ0) is 15.8. The minimum atomic E-state index is 0.360. The van der Waals surface area contributed by atoms with Gasteiger partial charge >= 0.3 is 0 Å². The molecule has 5 heteroatoms. The summed E-state index contributed by atoms with van der Waals surface area (Å²) >= 11 is 3.55. The van der Waals surface area contributed by atoms with Gasteiger partial charge in [-0.2, -0.15) is 0 Å². The molecule has 118 valence electrons. The molecule has 3 aromatic rings. The van der Waals surface area contributed by atoms with Crippen molar-refractivity contribution in [2.45, 2.75) is 37.8 Å². The molecule has 3 heterocycles. The number of piperidine rings is 1. The first-order chi connectivity index (χ1) is 11.2. The Morgan fingerprint density at radius 1 is 1.17 bits per heavy atom. The number of nitrogens with zero attached hydrogens (tertiary/aromatic N) is 2. The third-order valence-corrected chi connectivity index (χ3v) is 5.20. The monoisotopic (exact) mass is 370 g/mol. The van der Waals surface area contributed by atoms with Gasteiger partial charge in [-0.05, 0) is 41.3 Å². The molecule has 1 aromatic carbocycles. The van der Waals surface area contributed by atoms with Gasteiger partial charge in [-0.25, -0.2) is 9.97 Å². The molecule has 0 radical (unpaired) electrons. The standard InChI is InChI=1S/C18H19BrN4/c1-11-7-13(8-15(22-11)12-5-3-2-4-6-12)18-21-10-16-17(23-18)14(19)9-20-16/h2-6,9-11,13,15,20,22H,7-8H2,1H3.